The Balaban J connectivity index is 1.60. The lowest BCUT2D eigenvalue weighted by atomic mass is 10.2. The number of hydrogen-bond donors (Lipinski definition) is 1. The van der Waals surface area contributed by atoms with E-state index < -0.39 is 0 Å². The van der Waals surface area contributed by atoms with Crippen molar-refractivity contribution in [3.05, 3.63) is 80.5 Å². The molecule has 0 aliphatic heterocycles. The fourth-order valence-electron chi connectivity index (χ4n) is 2.99. The topological polar surface area (TPSA) is 62.5 Å². The summed E-state index contributed by atoms with van der Waals surface area (Å²) in [6.45, 7) is 6.76. The first kappa shape index (κ1) is 22.2. The van der Waals surface area contributed by atoms with Gasteiger partial charge in [0, 0.05) is 29.4 Å². The molecule has 2 aromatic carbocycles. The van der Waals surface area contributed by atoms with Gasteiger partial charge in [0.15, 0.2) is 5.69 Å². The lowest BCUT2D eigenvalue weighted by Crippen LogP contribution is -2.21. The summed E-state index contributed by atoms with van der Waals surface area (Å²) in [6, 6.07) is 16.0. The van der Waals surface area contributed by atoms with Crippen LogP contribution in [0.2, 0.25) is 0 Å². The van der Waals surface area contributed by atoms with Crippen molar-refractivity contribution < 1.29 is 4.79 Å². The highest BCUT2D eigenvalue weighted by Gasteiger charge is 2.15. The molecule has 0 aliphatic rings. The first-order chi connectivity index (χ1) is 14.5. The van der Waals surface area contributed by atoms with Gasteiger partial charge in [-0.1, -0.05) is 40.2 Å². The van der Waals surface area contributed by atoms with Crippen molar-refractivity contribution in [2.75, 3.05) is 18.0 Å². The molecule has 0 aliphatic carbocycles. The monoisotopic (exact) mass is 531 g/mol. The molecule has 30 heavy (non-hydrogen) atoms. The van der Waals surface area contributed by atoms with Crippen molar-refractivity contribution in [1.29, 1.82) is 0 Å². The van der Waals surface area contributed by atoms with E-state index in [0.29, 0.717) is 16.7 Å². The number of hydrazone groups is 1. The molecule has 1 aromatic heterocycles. The molecule has 0 fully saturated rings. The maximum absolute atomic E-state index is 12.4. The van der Waals surface area contributed by atoms with Gasteiger partial charge in [0.05, 0.1) is 17.2 Å². The minimum absolute atomic E-state index is 0.293. The minimum Gasteiger partial charge on any atom is -0.372 e. The van der Waals surface area contributed by atoms with E-state index in [1.54, 1.807) is 17.1 Å². The Morgan fingerprint density at radius 1 is 1.10 bits per heavy atom. The van der Waals surface area contributed by atoms with Crippen LogP contribution in [0.3, 0.4) is 0 Å². The van der Waals surface area contributed by atoms with Gasteiger partial charge < -0.3 is 4.90 Å². The van der Waals surface area contributed by atoms with Gasteiger partial charge in [-0.25, -0.2) is 5.43 Å². The fraction of sp³-hybridized carbons (Fsp3) is 0.227. The molecule has 0 radical (unpaired) electrons. The predicted molar refractivity (Wildman–Crippen MR) is 128 cm³/mol. The highest BCUT2D eigenvalue weighted by molar-refractivity contribution is 9.10. The van der Waals surface area contributed by atoms with Gasteiger partial charge in [-0.15, -0.1) is 0 Å². The Hall–Kier alpha value is -2.45. The van der Waals surface area contributed by atoms with Crippen molar-refractivity contribution in [3.8, 4) is 0 Å². The summed E-state index contributed by atoms with van der Waals surface area (Å²) in [5.41, 5.74) is 6.00. The van der Waals surface area contributed by atoms with E-state index in [2.05, 4.69) is 78.4 Å². The molecule has 3 aromatic rings. The normalized spacial score (nSPS) is 11.1. The summed E-state index contributed by atoms with van der Waals surface area (Å²) >= 11 is 6.83. The van der Waals surface area contributed by atoms with Crippen molar-refractivity contribution in [2.24, 2.45) is 5.10 Å². The molecular weight excluding hydrogens is 510 g/mol. The van der Waals surface area contributed by atoms with E-state index in [0.717, 1.165) is 28.7 Å². The highest BCUT2D eigenvalue weighted by atomic mass is 79.9. The van der Waals surface area contributed by atoms with Crippen LogP contribution in [0, 0.1) is 0 Å². The van der Waals surface area contributed by atoms with Gasteiger partial charge in [-0.2, -0.15) is 10.2 Å². The van der Waals surface area contributed by atoms with Gasteiger partial charge in [-0.3, -0.25) is 9.48 Å². The zero-order chi connectivity index (χ0) is 21.5. The average molecular weight is 533 g/mol. The Morgan fingerprint density at radius 2 is 1.77 bits per heavy atom. The molecule has 0 bridgehead atoms. The summed E-state index contributed by atoms with van der Waals surface area (Å²) in [6.07, 6.45) is 3.41. The number of hydrogen-bond acceptors (Lipinski definition) is 4. The van der Waals surface area contributed by atoms with Gasteiger partial charge in [0.2, 0.25) is 0 Å². The number of nitrogens with zero attached hydrogens (tertiary/aromatic N) is 4. The molecule has 0 spiro atoms. The Morgan fingerprint density at radius 3 is 2.40 bits per heavy atom. The average Bonchev–Trinajstić information content (AvgIpc) is 3.12. The van der Waals surface area contributed by atoms with Crippen LogP contribution in [0.15, 0.2) is 68.8 Å². The third kappa shape index (κ3) is 5.79. The lowest BCUT2D eigenvalue weighted by Gasteiger charge is -2.20. The Bertz CT molecular complexity index is 1010. The van der Waals surface area contributed by atoms with Crippen molar-refractivity contribution >= 4 is 49.7 Å². The number of aromatic nitrogens is 2. The van der Waals surface area contributed by atoms with E-state index in [1.165, 1.54) is 5.69 Å². The zero-order valence-corrected chi connectivity index (χ0v) is 20.0. The fourth-order valence-corrected chi connectivity index (χ4v) is 3.75. The number of carbonyl (C=O) groups excluding carboxylic acids is 1. The maximum Gasteiger partial charge on any atom is 0.293 e. The van der Waals surface area contributed by atoms with Crippen LogP contribution in [-0.2, 0) is 6.54 Å². The second-order valence-electron chi connectivity index (χ2n) is 6.61. The number of benzene rings is 2. The summed E-state index contributed by atoms with van der Waals surface area (Å²) in [7, 11) is 0. The second kappa shape index (κ2) is 10.5. The van der Waals surface area contributed by atoms with Gasteiger partial charge in [0.25, 0.3) is 5.91 Å². The van der Waals surface area contributed by atoms with Crippen molar-refractivity contribution in [1.82, 2.24) is 15.2 Å². The molecule has 0 unspecified atom stereocenters. The van der Waals surface area contributed by atoms with Crippen LogP contribution in [0.1, 0.15) is 35.5 Å². The lowest BCUT2D eigenvalue weighted by molar-refractivity contribution is 0.0948. The zero-order valence-electron chi connectivity index (χ0n) is 16.8. The molecule has 8 heteroatoms. The smallest absolute Gasteiger partial charge is 0.293 e. The molecule has 3 rings (SSSR count). The van der Waals surface area contributed by atoms with Gasteiger partial charge in [-0.05, 0) is 65.2 Å². The summed E-state index contributed by atoms with van der Waals surface area (Å²) in [5.74, 6) is -0.368. The van der Waals surface area contributed by atoms with E-state index in [-0.39, 0.29) is 5.91 Å². The standard InChI is InChI=1S/C22H23Br2N5O/c1-3-28(4-2)19-11-7-16(8-12-19)13-25-26-22(30)21-20(24)15-29(27-21)14-17-5-9-18(23)10-6-17/h5-13,15H,3-4,14H2,1-2H3,(H,26,30). The molecular formula is C22H23Br2N5O. The van der Waals surface area contributed by atoms with Crippen LogP contribution < -0.4 is 10.3 Å². The first-order valence-electron chi connectivity index (χ1n) is 9.66. The Labute approximate surface area is 193 Å². The summed E-state index contributed by atoms with van der Waals surface area (Å²) in [5, 5.41) is 8.43. The van der Waals surface area contributed by atoms with Crippen molar-refractivity contribution in [3.63, 3.8) is 0 Å². The maximum atomic E-state index is 12.4. The van der Waals surface area contributed by atoms with Crippen LogP contribution in [0.4, 0.5) is 5.69 Å². The van der Waals surface area contributed by atoms with Crippen molar-refractivity contribution in [2.45, 2.75) is 20.4 Å². The van der Waals surface area contributed by atoms with E-state index in [1.807, 2.05) is 36.4 Å². The van der Waals surface area contributed by atoms with E-state index >= 15 is 0 Å². The molecule has 6 nitrogen and oxygen atoms in total. The summed E-state index contributed by atoms with van der Waals surface area (Å²) < 4.78 is 3.36. The minimum atomic E-state index is -0.368. The van der Waals surface area contributed by atoms with E-state index in [4.69, 9.17) is 0 Å². The third-order valence-corrected chi connectivity index (χ3v) is 5.70. The second-order valence-corrected chi connectivity index (χ2v) is 8.38. The molecule has 0 saturated heterocycles. The largest absolute Gasteiger partial charge is 0.372 e. The van der Waals surface area contributed by atoms with Crippen LogP contribution >= 0.6 is 31.9 Å². The molecule has 0 atom stereocenters. The Kier molecular flexibility index (Phi) is 7.81. The van der Waals surface area contributed by atoms with Crippen LogP contribution in [0.5, 0.6) is 0 Å². The van der Waals surface area contributed by atoms with Crippen LogP contribution in [0.25, 0.3) is 0 Å². The number of nitrogens with one attached hydrogen (secondary N) is 1. The van der Waals surface area contributed by atoms with Gasteiger partial charge in [0.1, 0.15) is 0 Å². The number of halogens is 2. The van der Waals surface area contributed by atoms with E-state index in [9.17, 15) is 4.79 Å². The molecule has 1 heterocycles. The predicted octanol–water partition coefficient (Wildman–Crippen LogP) is 5.07. The summed E-state index contributed by atoms with van der Waals surface area (Å²) in [4.78, 5) is 14.7. The molecule has 1 N–H and O–H groups in total. The number of carbonyl (C=O) groups is 1. The highest BCUT2D eigenvalue weighted by Crippen LogP contribution is 2.17. The third-order valence-electron chi connectivity index (χ3n) is 4.59. The molecule has 1 amide bonds. The molecule has 0 saturated carbocycles. The number of amides is 1. The van der Waals surface area contributed by atoms with Crippen LogP contribution in [-0.4, -0.2) is 35.0 Å². The van der Waals surface area contributed by atoms with Gasteiger partial charge >= 0.3 is 0 Å². The molecule has 156 valence electrons. The number of anilines is 1. The SMILES string of the molecule is CCN(CC)c1ccc(C=NNC(=O)c2nn(Cc3ccc(Br)cc3)cc2Br)cc1. The quantitative estimate of drug-likeness (QED) is 0.325. The number of rotatable bonds is 8. The first-order valence-corrected chi connectivity index (χ1v) is 11.2.